The van der Waals surface area contributed by atoms with Crippen molar-refractivity contribution < 1.29 is 4.79 Å². The van der Waals surface area contributed by atoms with E-state index in [4.69, 9.17) is 11.6 Å². The Morgan fingerprint density at radius 2 is 1.88 bits per heavy atom. The minimum absolute atomic E-state index is 0.0421. The van der Waals surface area contributed by atoms with Crippen LogP contribution in [0.15, 0.2) is 57.4 Å². The van der Waals surface area contributed by atoms with E-state index in [1.54, 1.807) is 19.1 Å². The number of hydrogen-bond donors (Lipinski definition) is 0. The molecule has 0 bridgehead atoms. The Bertz CT molecular complexity index is 529. The van der Waals surface area contributed by atoms with Gasteiger partial charge in [0.2, 0.25) is 0 Å². The van der Waals surface area contributed by atoms with Crippen LogP contribution in [0.4, 0.5) is 0 Å². The largest absolute Gasteiger partial charge is 0.290 e. The third kappa shape index (κ3) is 3.32. The Labute approximate surface area is 109 Å². The Hall–Kier alpha value is -1.32. The molecule has 1 aromatic rings. The van der Waals surface area contributed by atoms with E-state index in [0.717, 1.165) is 10.6 Å². The normalized spacial score (nSPS) is 17.4. The molecule has 0 saturated heterocycles. The molecule has 0 spiro atoms. The van der Waals surface area contributed by atoms with Gasteiger partial charge < -0.3 is 0 Å². The Morgan fingerprint density at radius 3 is 2.53 bits per heavy atom. The zero-order chi connectivity index (χ0) is 12.3. The molecule has 0 saturated carbocycles. The standard InChI is InChI=1S/C13H10ClNOS/c1-9-8-11(4-7-13(9)16)15-17-12-5-2-10(14)3-6-12/h2-8H,1H3. The molecule has 0 amide bonds. The summed E-state index contributed by atoms with van der Waals surface area (Å²) in [4.78, 5) is 12.2. The van der Waals surface area contributed by atoms with Crippen molar-refractivity contribution in [2.45, 2.75) is 11.8 Å². The molecule has 2 nitrogen and oxygen atoms in total. The summed E-state index contributed by atoms with van der Waals surface area (Å²) < 4.78 is 4.34. The lowest BCUT2D eigenvalue weighted by molar-refractivity contribution is -0.111. The van der Waals surface area contributed by atoms with Gasteiger partial charge in [-0.3, -0.25) is 4.79 Å². The zero-order valence-electron chi connectivity index (χ0n) is 9.18. The number of rotatable bonds is 2. The maximum Gasteiger partial charge on any atom is 0.181 e. The minimum atomic E-state index is 0.0421. The smallest absolute Gasteiger partial charge is 0.181 e. The van der Waals surface area contributed by atoms with Crippen LogP contribution in [0.3, 0.4) is 0 Å². The number of benzene rings is 1. The molecule has 0 radical (unpaired) electrons. The van der Waals surface area contributed by atoms with Crippen LogP contribution in [-0.4, -0.2) is 11.5 Å². The van der Waals surface area contributed by atoms with E-state index in [-0.39, 0.29) is 5.78 Å². The van der Waals surface area contributed by atoms with Gasteiger partial charge >= 0.3 is 0 Å². The SMILES string of the molecule is CC1=CC(=NSc2ccc(Cl)cc2)C=CC1=O. The maximum atomic E-state index is 11.2. The lowest BCUT2D eigenvalue weighted by Crippen LogP contribution is -2.04. The van der Waals surface area contributed by atoms with Crippen LogP contribution in [0.2, 0.25) is 5.02 Å². The minimum Gasteiger partial charge on any atom is -0.290 e. The summed E-state index contributed by atoms with van der Waals surface area (Å²) in [5.41, 5.74) is 1.50. The van der Waals surface area contributed by atoms with Gasteiger partial charge in [0, 0.05) is 21.9 Å². The van der Waals surface area contributed by atoms with Crippen molar-refractivity contribution in [2.24, 2.45) is 4.40 Å². The molecule has 0 aliphatic heterocycles. The van der Waals surface area contributed by atoms with E-state index >= 15 is 0 Å². The highest BCUT2D eigenvalue weighted by molar-refractivity contribution is 7.98. The molecule has 86 valence electrons. The first kappa shape index (κ1) is 12.1. The maximum absolute atomic E-state index is 11.2. The predicted octanol–water partition coefficient (Wildman–Crippen LogP) is 3.87. The lowest BCUT2D eigenvalue weighted by atomic mass is 10.1. The molecule has 0 N–H and O–H groups in total. The molecule has 0 atom stereocenters. The van der Waals surface area contributed by atoms with Crippen LogP contribution >= 0.6 is 23.5 Å². The second-order valence-electron chi connectivity index (χ2n) is 3.59. The highest BCUT2D eigenvalue weighted by Gasteiger charge is 2.06. The molecule has 1 aromatic carbocycles. The summed E-state index contributed by atoms with van der Waals surface area (Å²) in [7, 11) is 0. The van der Waals surface area contributed by atoms with Gasteiger partial charge in [0.1, 0.15) is 0 Å². The molecule has 4 heteroatoms. The predicted molar refractivity (Wildman–Crippen MR) is 72.6 cm³/mol. The number of halogens is 1. The van der Waals surface area contributed by atoms with Gasteiger partial charge in [-0.2, -0.15) is 0 Å². The summed E-state index contributed by atoms with van der Waals surface area (Å²) in [5.74, 6) is 0.0421. The molecule has 0 unspecified atom stereocenters. The average Bonchev–Trinajstić information content (AvgIpc) is 2.33. The molecule has 0 fully saturated rings. The first-order valence-electron chi connectivity index (χ1n) is 5.06. The summed E-state index contributed by atoms with van der Waals surface area (Å²) in [6.45, 7) is 1.79. The van der Waals surface area contributed by atoms with Crippen molar-refractivity contribution in [3.05, 3.63) is 53.1 Å². The Kier molecular flexibility index (Phi) is 3.82. The van der Waals surface area contributed by atoms with Crippen LogP contribution in [0.25, 0.3) is 0 Å². The molecule has 1 aliphatic carbocycles. The van der Waals surface area contributed by atoms with Gasteiger partial charge in [-0.05, 0) is 55.0 Å². The number of nitrogens with zero attached hydrogens (tertiary/aromatic N) is 1. The average molecular weight is 264 g/mol. The van der Waals surface area contributed by atoms with Gasteiger partial charge in [-0.25, -0.2) is 4.40 Å². The topological polar surface area (TPSA) is 29.4 Å². The fourth-order valence-corrected chi connectivity index (χ4v) is 2.00. The van der Waals surface area contributed by atoms with Crippen LogP contribution in [-0.2, 0) is 4.79 Å². The Balaban J connectivity index is 2.09. The van der Waals surface area contributed by atoms with E-state index in [1.165, 1.54) is 18.0 Å². The van der Waals surface area contributed by atoms with Gasteiger partial charge in [-0.15, -0.1) is 0 Å². The second kappa shape index (κ2) is 5.34. The molecule has 2 rings (SSSR count). The number of carbonyl (C=O) groups excluding carboxylic acids is 1. The highest BCUT2D eigenvalue weighted by Crippen LogP contribution is 2.22. The third-order valence-electron chi connectivity index (χ3n) is 2.23. The quantitative estimate of drug-likeness (QED) is 0.599. The summed E-state index contributed by atoms with van der Waals surface area (Å²) in [5, 5.41) is 0.709. The van der Waals surface area contributed by atoms with Crippen molar-refractivity contribution >= 4 is 35.0 Å². The molecular weight excluding hydrogens is 254 g/mol. The van der Waals surface area contributed by atoms with Crippen LogP contribution in [0.1, 0.15) is 6.92 Å². The van der Waals surface area contributed by atoms with Gasteiger partial charge in [0.15, 0.2) is 5.78 Å². The van der Waals surface area contributed by atoms with Crippen LogP contribution in [0, 0.1) is 0 Å². The van der Waals surface area contributed by atoms with Gasteiger partial charge in [0.25, 0.3) is 0 Å². The summed E-state index contributed by atoms with van der Waals surface area (Å²) in [6, 6.07) is 7.47. The van der Waals surface area contributed by atoms with Gasteiger partial charge in [0.05, 0.1) is 5.71 Å². The van der Waals surface area contributed by atoms with E-state index in [9.17, 15) is 4.79 Å². The fraction of sp³-hybridized carbons (Fsp3) is 0.0769. The van der Waals surface area contributed by atoms with E-state index in [2.05, 4.69) is 4.40 Å². The number of hydrogen-bond acceptors (Lipinski definition) is 3. The van der Waals surface area contributed by atoms with Crippen LogP contribution in [0.5, 0.6) is 0 Å². The number of ketones is 1. The lowest BCUT2D eigenvalue weighted by Gasteiger charge is -2.03. The fourth-order valence-electron chi connectivity index (χ4n) is 1.29. The third-order valence-corrected chi connectivity index (χ3v) is 3.27. The monoisotopic (exact) mass is 263 g/mol. The first-order chi connectivity index (χ1) is 8.15. The Morgan fingerprint density at radius 1 is 1.18 bits per heavy atom. The number of carbonyl (C=O) groups is 1. The highest BCUT2D eigenvalue weighted by atomic mass is 35.5. The van der Waals surface area contributed by atoms with Crippen LogP contribution < -0.4 is 0 Å². The van der Waals surface area contributed by atoms with Crippen molar-refractivity contribution in [2.75, 3.05) is 0 Å². The van der Waals surface area contributed by atoms with Crippen molar-refractivity contribution in [3.63, 3.8) is 0 Å². The van der Waals surface area contributed by atoms with Crippen molar-refractivity contribution in [1.29, 1.82) is 0 Å². The molecule has 0 aromatic heterocycles. The summed E-state index contributed by atoms with van der Waals surface area (Å²) >= 11 is 7.15. The van der Waals surface area contributed by atoms with Crippen molar-refractivity contribution in [3.8, 4) is 0 Å². The molecular formula is C13H10ClNOS. The first-order valence-corrected chi connectivity index (χ1v) is 6.21. The van der Waals surface area contributed by atoms with Gasteiger partial charge in [-0.1, -0.05) is 11.6 Å². The molecule has 0 heterocycles. The van der Waals surface area contributed by atoms with E-state index in [0.29, 0.717) is 10.6 Å². The van der Waals surface area contributed by atoms with E-state index < -0.39 is 0 Å². The van der Waals surface area contributed by atoms with Crippen molar-refractivity contribution in [1.82, 2.24) is 0 Å². The van der Waals surface area contributed by atoms with E-state index in [1.807, 2.05) is 24.3 Å². The molecule has 17 heavy (non-hydrogen) atoms. The number of allylic oxidation sites excluding steroid dienone is 4. The molecule has 1 aliphatic rings. The zero-order valence-corrected chi connectivity index (χ0v) is 10.8. The summed E-state index contributed by atoms with van der Waals surface area (Å²) in [6.07, 6.45) is 5.04. The second-order valence-corrected chi connectivity index (χ2v) is 4.86.